The van der Waals surface area contributed by atoms with Crippen molar-refractivity contribution in [3.63, 3.8) is 0 Å². The van der Waals surface area contributed by atoms with Crippen LogP contribution < -0.4 is 0 Å². The summed E-state index contributed by atoms with van der Waals surface area (Å²) in [7, 11) is 5.53. The van der Waals surface area contributed by atoms with Gasteiger partial charge in [-0.15, -0.1) is 12.4 Å². The molecule has 0 unspecified atom stereocenters. The molecular formula is C9H18BClN2O2. The quantitative estimate of drug-likeness (QED) is 0.316. The monoisotopic (exact) mass is 232 g/mol. The van der Waals surface area contributed by atoms with Crippen LogP contribution in [0, 0.1) is 0 Å². The molecule has 1 fully saturated rings. The normalized spacial score (nSPS) is 17.7. The molecule has 0 aromatic rings. The number of hydrogen-bond acceptors (Lipinski definition) is 4. The molecule has 0 atom stereocenters. The van der Waals surface area contributed by atoms with Gasteiger partial charge < -0.3 is 10.4 Å². The van der Waals surface area contributed by atoms with Crippen molar-refractivity contribution in [3.8, 4) is 0 Å². The summed E-state index contributed by atoms with van der Waals surface area (Å²) in [5.41, 5.74) is 0.625. The summed E-state index contributed by atoms with van der Waals surface area (Å²) in [6.45, 7) is 3.07. The number of halogens is 1. The fourth-order valence-corrected chi connectivity index (χ4v) is 1.10. The Bertz CT molecular complexity index is 200. The van der Waals surface area contributed by atoms with Crippen molar-refractivity contribution in [1.29, 1.82) is 0 Å². The van der Waals surface area contributed by atoms with Crippen molar-refractivity contribution in [2.45, 2.75) is 45.3 Å². The lowest BCUT2D eigenvalue weighted by Crippen LogP contribution is -2.04. The highest BCUT2D eigenvalue weighted by atomic mass is 35.5. The molecule has 4 nitrogen and oxygen atoms in total. The first kappa shape index (κ1) is 16.7. The van der Waals surface area contributed by atoms with Gasteiger partial charge in [0.25, 0.3) is 0 Å². The maximum atomic E-state index is 8.03. The van der Waals surface area contributed by atoms with Crippen LogP contribution in [0.4, 0.5) is 0 Å². The zero-order valence-corrected chi connectivity index (χ0v) is 10.00. The van der Waals surface area contributed by atoms with E-state index in [2.05, 4.69) is 10.3 Å². The average molecular weight is 233 g/mol. The highest BCUT2D eigenvalue weighted by Crippen LogP contribution is 2.26. The van der Waals surface area contributed by atoms with Crippen LogP contribution in [-0.2, 0) is 0 Å². The molecule has 1 aliphatic rings. The Labute approximate surface area is 98.3 Å². The van der Waals surface area contributed by atoms with E-state index >= 15 is 0 Å². The van der Waals surface area contributed by atoms with Crippen molar-refractivity contribution in [2.75, 3.05) is 0 Å². The van der Waals surface area contributed by atoms with Gasteiger partial charge in [0.15, 0.2) is 0 Å². The van der Waals surface area contributed by atoms with E-state index in [1.807, 2.05) is 0 Å². The molecule has 6 heteroatoms. The summed E-state index contributed by atoms with van der Waals surface area (Å²) in [4.78, 5) is 0. The Morgan fingerprint density at radius 1 is 1.07 bits per heavy atom. The van der Waals surface area contributed by atoms with E-state index in [4.69, 9.17) is 18.3 Å². The van der Waals surface area contributed by atoms with E-state index in [9.17, 15) is 0 Å². The minimum Gasteiger partial charge on any atom is -0.411 e. The largest absolute Gasteiger partial charge is 0.411 e. The molecule has 2 radical (unpaired) electrons. The van der Waals surface area contributed by atoms with Crippen LogP contribution >= 0.6 is 12.4 Å². The average Bonchev–Trinajstić information content (AvgIpc) is 2.67. The number of oxime groups is 2. The van der Waals surface area contributed by atoms with Crippen LogP contribution in [0.5, 0.6) is 0 Å². The molecule has 0 amide bonds. The van der Waals surface area contributed by atoms with Gasteiger partial charge in [-0.05, 0) is 13.8 Å². The standard InChI is InChI=1S/C5H9B.C4H8N2O2.ClH/c6-5-3-1-2-4-5;1-3(5-7)4(2)6-8;/h5H,1-4H2;7-8H,1-2H3;1H. The zero-order valence-electron chi connectivity index (χ0n) is 9.18. The van der Waals surface area contributed by atoms with E-state index in [-0.39, 0.29) is 12.4 Å². The second-order valence-electron chi connectivity index (χ2n) is 3.42. The smallest absolute Gasteiger partial charge is 0.101 e. The van der Waals surface area contributed by atoms with Crippen LogP contribution in [0.2, 0.25) is 5.82 Å². The van der Waals surface area contributed by atoms with E-state index in [1.165, 1.54) is 39.5 Å². The second kappa shape index (κ2) is 9.83. The second-order valence-corrected chi connectivity index (χ2v) is 3.42. The Hall–Kier alpha value is -0.705. The van der Waals surface area contributed by atoms with Crippen LogP contribution in [0.25, 0.3) is 0 Å². The molecule has 15 heavy (non-hydrogen) atoms. The first-order valence-corrected chi connectivity index (χ1v) is 4.75. The number of hydrogen-bond donors (Lipinski definition) is 2. The lowest BCUT2D eigenvalue weighted by Gasteiger charge is -1.91. The van der Waals surface area contributed by atoms with Gasteiger partial charge in [-0.2, -0.15) is 0 Å². The minimum absolute atomic E-state index is 0. The third-order valence-corrected chi connectivity index (χ3v) is 2.22. The highest BCUT2D eigenvalue weighted by Gasteiger charge is 2.06. The maximum Gasteiger partial charge on any atom is 0.101 e. The summed E-state index contributed by atoms with van der Waals surface area (Å²) in [5.74, 6) is 0.546. The number of nitrogens with zero attached hydrogens (tertiary/aromatic N) is 2. The first-order chi connectivity index (χ1) is 6.61. The minimum atomic E-state index is 0. The fourth-order valence-electron chi connectivity index (χ4n) is 1.10. The van der Waals surface area contributed by atoms with Gasteiger partial charge in [0, 0.05) is 0 Å². The lowest BCUT2D eigenvalue weighted by molar-refractivity contribution is 0.313. The van der Waals surface area contributed by atoms with Gasteiger partial charge in [-0.25, -0.2) is 0 Å². The molecule has 0 aromatic heterocycles. The molecule has 0 aliphatic heterocycles. The van der Waals surface area contributed by atoms with Crippen molar-refractivity contribution in [3.05, 3.63) is 0 Å². The van der Waals surface area contributed by atoms with Crippen molar-refractivity contribution in [1.82, 2.24) is 0 Å². The van der Waals surface area contributed by atoms with Gasteiger partial charge in [-0.1, -0.05) is 41.8 Å². The van der Waals surface area contributed by atoms with Crippen LogP contribution in [-0.4, -0.2) is 29.7 Å². The molecule has 1 rings (SSSR count). The topological polar surface area (TPSA) is 65.2 Å². The SMILES string of the molecule is CC(=NO)C(C)=NO.Cl.[B]C1CCCC1. The third-order valence-electron chi connectivity index (χ3n) is 2.22. The molecular weight excluding hydrogens is 214 g/mol. The Kier molecular flexibility index (Phi) is 11.0. The lowest BCUT2D eigenvalue weighted by atomic mass is 9.86. The molecule has 0 bridgehead atoms. The van der Waals surface area contributed by atoms with Gasteiger partial charge in [0.1, 0.15) is 11.4 Å². The van der Waals surface area contributed by atoms with Crippen LogP contribution in [0.1, 0.15) is 39.5 Å². The van der Waals surface area contributed by atoms with Crippen molar-refractivity contribution < 1.29 is 10.4 Å². The van der Waals surface area contributed by atoms with Gasteiger partial charge in [0.2, 0.25) is 0 Å². The van der Waals surface area contributed by atoms with Crippen molar-refractivity contribution >= 4 is 31.7 Å². The Morgan fingerprint density at radius 2 is 1.40 bits per heavy atom. The summed E-state index contributed by atoms with van der Waals surface area (Å²) >= 11 is 0. The maximum absolute atomic E-state index is 8.03. The van der Waals surface area contributed by atoms with Crippen molar-refractivity contribution in [2.24, 2.45) is 10.3 Å². The summed E-state index contributed by atoms with van der Waals surface area (Å²) in [5, 5.41) is 21.6. The molecule has 1 aliphatic carbocycles. The van der Waals surface area contributed by atoms with Gasteiger partial charge >= 0.3 is 0 Å². The van der Waals surface area contributed by atoms with Gasteiger partial charge in [-0.3, -0.25) is 0 Å². The van der Waals surface area contributed by atoms with E-state index < -0.39 is 0 Å². The highest BCUT2D eigenvalue weighted by molar-refractivity contribution is 6.40. The first-order valence-electron chi connectivity index (χ1n) is 4.75. The number of rotatable bonds is 1. The Morgan fingerprint density at radius 3 is 1.53 bits per heavy atom. The summed E-state index contributed by atoms with van der Waals surface area (Å²) in [6, 6.07) is 0. The van der Waals surface area contributed by atoms with E-state index in [0.717, 1.165) is 0 Å². The third kappa shape index (κ3) is 8.30. The molecule has 0 heterocycles. The zero-order chi connectivity index (χ0) is 11.0. The molecule has 0 aromatic carbocycles. The predicted octanol–water partition coefficient (Wildman–Crippen LogP) is 2.63. The molecule has 86 valence electrons. The fraction of sp³-hybridized carbons (Fsp3) is 0.778. The van der Waals surface area contributed by atoms with E-state index in [1.54, 1.807) is 0 Å². The molecule has 2 N–H and O–H groups in total. The van der Waals surface area contributed by atoms with Crippen LogP contribution in [0.15, 0.2) is 10.3 Å². The van der Waals surface area contributed by atoms with Crippen LogP contribution in [0.3, 0.4) is 0 Å². The Balaban J connectivity index is 0. The summed E-state index contributed by atoms with van der Waals surface area (Å²) in [6.07, 6.45) is 5.25. The van der Waals surface area contributed by atoms with Gasteiger partial charge in [0.05, 0.1) is 7.85 Å². The summed E-state index contributed by atoms with van der Waals surface area (Å²) < 4.78 is 0. The predicted molar refractivity (Wildman–Crippen MR) is 65.0 cm³/mol. The molecule has 0 spiro atoms. The molecule has 1 saturated carbocycles. The van der Waals surface area contributed by atoms with E-state index in [0.29, 0.717) is 17.2 Å². The molecule has 0 saturated heterocycles.